The van der Waals surface area contributed by atoms with Crippen molar-refractivity contribution in [3.05, 3.63) is 29.3 Å². The normalized spacial score (nSPS) is 10.7. The summed E-state index contributed by atoms with van der Waals surface area (Å²) in [6.07, 6.45) is 2.37. The molecule has 0 heterocycles. The molecule has 0 amide bonds. The highest BCUT2D eigenvalue weighted by Crippen LogP contribution is 2.29. The molecular formula is C17H21NO4. The van der Waals surface area contributed by atoms with Crippen molar-refractivity contribution < 1.29 is 19.0 Å². The van der Waals surface area contributed by atoms with Crippen molar-refractivity contribution in [2.45, 2.75) is 27.2 Å². The molecule has 118 valence electrons. The van der Waals surface area contributed by atoms with Gasteiger partial charge in [-0.3, -0.25) is 0 Å². The molecule has 1 rings (SSSR count). The fourth-order valence-corrected chi connectivity index (χ4v) is 1.73. The molecule has 0 aliphatic carbocycles. The van der Waals surface area contributed by atoms with Gasteiger partial charge in [-0.2, -0.15) is 5.26 Å². The average Bonchev–Trinajstić information content (AvgIpc) is 2.52. The maximum Gasteiger partial charge on any atom is 0.348 e. The number of nitriles is 1. The number of ether oxygens (including phenoxy) is 3. The summed E-state index contributed by atoms with van der Waals surface area (Å²) in [6, 6.07) is 7.13. The van der Waals surface area contributed by atoms with E-state index in [1.807, 2.05) is 19.9 Å². The quantitative estimate of drug-likeness (QED) is 0.418. The van der Waals surface area contributed by atoms with Crippen molar-refractivity contribution in [1.82, 2.24) is 0 Å². The molecule has 0 unspecified atom stereocenters. The number of nitrogens with zero attached hydrogens (tertiary/aromatic N) is 1. The van der Waals surface area contributed by atoms with Crippen LogP contribution in [0.2, 0.25) is 0 Å². The summed E-state index contributed by atoms with van der Waals surface area (Å²) in [5.74, 6) is 0.607. The van der Waals surface area contributed by atoms with E-state index in [4.69, 9.17) is 19.5 Å². The molecule has 1 aromatic carbocycles. The van der Waals surface area contributed by atoms with Gasteiger partial charge in [0.1, 0.15) is 11.6 Å². The second-order valence-electron chi connectivity index (χ2n) is 4.38. The van der Waals surface area contributed by atoms with Crippen LogP contribution in [-0.4, -0.2) is 25.8 Å². The highest BCUT2D eigenvalue weighted by Gasteiger charge is 2.11. The van der Waals surface area contributed by atoms with Crippen LogP contribution in [0.5, 0.6) is 11.5 Å². The Bertz CT molecular complexity index is 573. The first kappa shape index (κ1) is 17.6. The highest BCUT2D eigenvalue weighted by molar-refractivity contribution is 5.97. The van der Waals surface area contributed by atoms with Crippen molar-refractivity contribution in [1.29, 1.82) is 5.26 Å². The lowest BCUT2D eigenvalue weighted by atomic mass is 10.1. The lowest BCUT2D eigenvalue weighted by molar-refractivity contribution is -0.137. The van der Waals surface area contributed by atoms with Crippen LogP contribution < -0.4 is 9.47 Å². The SMILES string of the molecule is CCCOc1ccc(/C=C(/C#N)C(=O)OCC)cc1OCC. The third-order valence-electron chi connectivity index (χ3n) is 2.66. The Labute approximate surface area is 131 Å². The van der Waals surface area contributed by atoms with Crippen LogP contribution in [0.15, 0.2) is 23.8 Å². The molecule has 0 aromatic heterocycles. The molecule has 0 saturated heterocycles. The van der Waals surface area contributed by atoms with E-state index in [1.54, 1.807) is 25.1 Å². The minimum Gasteiger partial charge on any atom is -0.490 e. The molecular weight excluding hydrogens is 282 g/mol. The fraction of sp³-hybridized carbons (Fsp3) is 0.412. The second-order valence-corrected chi connectivity index (χ2v) is 4.38. The second kappa shape index (κ2) is 9.46. The van der Waals surface area contributed by atoms with Crippen LogP contribution in [-0.2, 0) is 9.53 Å². The van der Waals surface area contributed by atoms with Crippen molar-refractivity contribution >= 4 is 12.0 Å². The predicted octanol–water partition coefficient (Wildman–Crippen LogP) is 3.34. The fourth-order valence-electron chi connectivity index (χ4n) is 1.73. The van der Waals surface area contributed by atoms with Gasteiger partial charge in [-0.25, -0.2) is 4.79 Å². The van der Waals surface area contributed by atoms with Gasteiger partial charge in [-0.15, -0.1) is 0 Å². The third-order valence-corrected chi connectivity index (χ3v) is 2.66. The summed E-state index contributed by atoms with van der Waals surface area (Å²) in [4.78, 5) is 11.6. The maximum absolute atomic E-state index is 11.6. The van der Waals surface area contributed by atoms with Crippen LogP contribution in [0.3, 0.4) is 0 Å². The van der Waals surface area contributed by atoms with Crippen LogP contribution in [0.4, 0.5) is 0 Å². The Hall–Kier alpha value is -2.48. The number of rotatable bonds is 8. The number of carbonyl (C=O) groups is 1. The summed E-state index contributed by atoms with van der Waals surface area (Å²) in [5, 5.41) is 9.05. The summed E-state index contributed by atoms with van der Waals surface area (Å²) in [6.45, 7) is 6.92. The van der Waals surface area contributed by atoms with E-state index in [0.29, 0.717) is 30.3 Å². The molecule has 0 N–H and O–H groups in total. The molecule has 0 fully saturated rings. The molecule has 5 nitrogen and oxygen atoms in total. The first-order chi connectivity index (χ1) is 10.7. The van der Waals surface area contributed by atoms with Gasteiger partial charge in [-0.05, 0) is 44.0 Å². The molecule has 0 bridgehead atoms. The van der Waals surface area contributed by atoms with Gasteiger partial charge in [0, 0.05) is 0 Å². The maximum atomic E-state index is 11.6. The first-order valence-corrected chi connectivity index (χ1v) is 7.34. The number of benzene rings is 1. The topological polar surface area (TPSA) is 68.5 Å². The Kier molecular flexibility index (Phi) is 7.55. The molecule has 0 aliphatic rings. The predicted molar refractivity (Wildman–Crippen MR) is 83.6 cm³/mol. The van der Waals surface area contributed by atoms with Gasteiger partial charge in [0.05, 0.1) is 19.8 Å². The monoisotopic (exact) mass is 303 g/mol. The smallest absolute Gasteiger partial charge is 0.348 e. The van der Waals surface area contributed by atoms with Crippen LogP contribution in [0.25, 0.3) is 6.08 Å². The summed E-state index contributed by atoms with van der Waals surface area (Å²) in [5.41, 5.74) is 0.628. The van der Waals surface area contributed by atoms with Crippen molar-refractivity contribution in [2.75, 3.05) is 19.8 Å². The minimum absolute atomic E-state index is 0.0495. The minimum atomic E-state index is -0.630. The lowest BCUT2D eigenvalue weighted by Crippen LogP contribution is -2.06. The van der Waals surface area contributed by atoms with Crippen molar-refractivity contribution in [2.24, 2.45) is 0 Å². The Morgan fingerprint density at radius 2 is 1.95 bits per heavy atom. The molecule has 0 aliphatic heterocycles. The molecule has 22 heavy (non-hydrogen) atoms. The number of hydrogen-bond donors (Lipinski definition) is 0. The van der Waals surface area contributed by atoms with Crippen LogP contribution in [0, 0.1) is 11.3 Å². The van der Waals surface area contributed by atoms with Gasteiger partial charge in [-0.1, -0.05) is 13.0 Å². The van der Waals surface area contributed by atoms with Crippen molar-refractivity contribution in [3.8, 4) is 17.6 Å². The van der Waals surface area contributed by atoms with E-state index in [1.165, 1.54) is 6.08 Å². The van der Waals surface area contributed by atoms with Gasteiger partial charge in [0.2, 0.25) is 0 Å². The van der Waals surface area contributed by atoms with E-state index < -0.39 is 5.97 Å². The van der Waals surface area contributed by atoms with E-state index >= 15 is 0 Å². The van der Waals surface area contributed by atoms with Crippen LogP contribution >= 0.6 is 0 Å². The number of carbonyl (C=O) groups excluding carboxylic acids is 1. The molecule has 5 heteroatoms. The Morgan fingerprint density at radius 3 is 2.55 bits per heavy atom. The van der Waals surface area contributed by atoms with Gasteiger partial charge >= 0.3 is 5.97 Å². The Balaban J connectivity index is 3.07. The van der Waals surface area contributed by atoms with E-state index in [-0.39, 0.29) is 12.2 Å². The van der Waals surface area contributed by atoms with E-state index in [2.05, 4.69) is 0 Å². The van der Waals surface area contributed by atoms with Gasteiger partial charge in [0.25, 0.3) is 0 Å². The summed E-state index contributed by atoms with van der Waals surface area (Å²) in [7, 11) is 0. The Morgan fingerprint density at radius 1 is 1.18 bits per heavy atom. The van der Waals surface area contributed by atoms with E-state index in [9.17, 15) is 4.79 Å². The zero-order valence-corrected chi connectivity index (χ0v) is 13.2. The molecule has 1 aromatic rings. The number of hydrogen-bond acceptors (Lipinski definition) is 5. The van der Waals surface area contributed by atoms with Gasteiger partial charge < -0.3 is 14.2 Å². The van der Waals surface area contributed by atoms with Crippen LogP contribution in [0.1, 0.15) is 32.8 Å². The molecule has 0 spiro atoms. The van der Waals surface area contributed by atoms with Gasteiger partial charge in [0.15, 0.2) is 11.5 Å². The average molecular weight is 303 g/mol. The number of esters is 1. The highest BCUT2D eigenvalue weighted by atomic mass is 16.5. The zero-order chi connectivity index (χ0) is 16.4. The first-order valence-electron chi connectivity index (χ1n) is 7.34. The summed E-state index contributed by atoms with van der Waals surface area (Å²) < 4.78 is 16.0. The van der Waals surface area contributed by atoms with Crippen molar-refractivity contribution in [3.63, 3.8) is 0 Å². The third kappa shape index (κ3) is 5.13. The molecule has 0 atom stereocenters. The van der Waals surface area contributed by atoms with E-state index in [0.717, 1.165) is 6.42 Å². The molecule has 0 saturated carbocycles. The summed E-state index contributed by atoms with van der Waals surface area (Å²) >= 11 is 0. The largest absolute Gasteiger partial charge is 0.490 e. The standard InChI is InChI=1S/C17H21NO4/c1-4-9-22-15-8-7-13(11-16(15)20-5-2)10-14(12-18)17(19)21-6-3/h7-8,10-11H,4-6,9H2,1-3H3/b14-10-. The molecule has 0 radical (unpaired) electrons. The zero-order valence-electron chi connectivity index (χ0n) is 13.2. The lowest BCUT2D eigenvalue weighted by Gasteiger charge is -2.12.